The van der Waals surface area contributed by atoms with Crippen molar-refractivity contribution in [1.82, 2.24) is 0 Å². The van der Waals surface area contributed by atoms with Crippen molar-refractivity contribution in [2.75, 3.05) is 5.88 Å². The molecule has 0 aliphatic rings. The standard InChI is InChI=1S/C10H8ClF3S/c11-7-1-2-8-3-5-9(6-4-8)15-10(12,13)14/h1-6H,7H2. The van der Waals surface area contributed by atoms with E-state index in [1.54, 1.807) is 24.3 Å². The van der Waals surface area contributed by atoms with E-state index in [1.165, 1.54) is 12.1 Å². The molecule has 0 N–H and O–H groups in total. The van der Waals surface area contributed by atoms with Crippen LogP contribution in [0.2, 0.25) is 0 Å². The number of halogens is 4. The number of alkyl halides is 4. The summed E-state index contributed by atoms with van der Waals surface area (Å²) >= 11 is 5.31. The van der Waals surface area contributed by atoms with Crippen LogP contribution in [-0.4, -0.2) is 11.4 Å². The van der Waals surface area contributed by atoms with Gasteiger partial charge in [-0.05, 0) is 29.5 Å². The number of allylic oxidation sites excluding steroid dienone is 1. The van der Waals surface area contributed by atoms with Gasteiger partial charge in [0.2, 0.25) is 0 Å². The number of benzene rings is 1. The van der Waals surface area contributed by atoms with Gasteiger partial charge in [0.25, 0.3) is 0 Å². The largest absolute Gasteiger partial charge is 0.446 e. The SMILES string of the molecule is FC(F)(F)Sc1ccc(C=CCCl)cc1. The topological polar surface area (TPSA) is 0 Å². The first-order valence-corrected chi connectivity index (χ1v) is 5.45. The Bertz CT molecular complexity index is 330. The van der Waals surface area contributed by atoms with E-state index in [1.807, 2.05) is 0 Å². The molecule has 0 aliphatic carbocycles. The molecule has 0 bridgehead atoms. The molecular formula is C10H8ClF3S. The Kier molecular flexibility index (Phi) is 4.54. The highest BCUT2D eigenvalue weighted by Gasteiger charge is 2.28. The zero-order chi connectivity index (χ0) is 11.3. The molecule has 0 saturated carbocycles. The Hall–Kier alpha value is -0.610. The highest BCUT2D eigenvalue weighted by molar-refractivity contribution is 8.00. The summed E-state index contributed by atoms with van der Waals surface area (Å²) in [7, 11) is 0. The molecule has 0 heterocycles. The van der Waals surface area contributed by atoms with Crippen molar-refractivity contribution in [3.05, 3.63) is 35.9 Å². The summed E-state index contributed by atoms with van der Waals surface area (Å²) in [6.45, 7) is 0. The van der Waals surface area contributed by atoms with Crippen molar-refractivity contribution in [1.29, 1.82) is 0 Å². The highest BCUT2D eigenvalue weighted by atomic mass is 35.5. The summed E-state index contributed by atoms with van der Waals surface area (Å²) in [5.41, 5.74) is -3.39. The van der Waals surface area contributed by atoms with Crippen molar-refractivity contribution in [3.63, 3.8) is 0 Å². The zero-order valence-corrected chi connectivity index (χ0v) is 9.16. The summed E-state index contributed by atoms with van der Waals surface area (Å²) < 4.78 is 35.9. The fraction of sp³-hybridized carbons (Fsp3) is 0.200. The average molecular weight is 253 g/mol. The predicted octanol–water partition coefficient (Wildman–Crippen LogP) is 4.55. The third-order valence-corrected chi connectivity index (χ3v) is 2.43. The molecule has 0 unspecified atom stereocenters. The van der Waals surface area contributed by atoms with Crippen molar-refractivity contribution < 1.29 is 13.2 Å². The van der Waals surface area contributed by atoms with Crippen LogP contribution in [0.1, 0.15) is 5.56 Å². The van der Waals surface area contributed by atoms with Crippen molar-refractivity contribution in [3.8, 4) is 0 Å². The monoisotopic (exact) mass is 252 g/mol. The molecule has 0 aliphatic heterocycles. The number of rotatable bonds is 3. The van der Waals surface area contributed by atoms with Gasteiger partial charge in [0.1, 0.15) is 0 Å². The van der Waals surface area contributed by atoms with Gasteiger partial charge in [-0.2, -0.15) is 13.2 Å². The van der Waals surface area contributed by atoms with Crippen LogP contribution in [0.5, 0.6) is 0 Å². The van der Waals surface area contributed by atoms with Crippen molar-refractivity contribution in [2.24, 2.45) is 0 Å². The smallest absolute Gasteiger partial charge is 0.160 e. The Labute approximate surface area is 95.1 Å². The minimum Gasteiger partial charge on any atom is -0.160 e. The van der Waals surface area contributed by atoms with Gasteiger partial charge in [-0.25, -0.2) is 0 Å². The lowest BCUT2D eigenvalue weighted by atomic mass is 10.2. The summed E-state index contributed by atoms with van der Waals surface area (Å²) in [5, 5.41) is 0. The number of hydrogen-bond donors (Lipinski definition) is 0. The Morgan fingerprint density at radius 1 is 1.20 bits per heavy atom. The van der Waals surface area contributed by atoms with Crippen LogP contribution in [0.25, 0.3) is 6.08 Å². The molecule has 0 nitrogen and oxygen atoms in total. The van der Waals surface area contributed by atoms with E-state index >= 15 is 0 Å². The van der Waals surface area contributed by atoms with Gasteiger partial charge in [-0.15, -0.1) is 11.6 Å². The highest BCUT2D eigenvalue weighted by Crippen LogP contribution is 2.36. The predicted molar refractivity (Wildman–Crippen MR) is 58.1 cm³/mol. The van der Waals surface area contributed by atoms with Crippen LogP contribution in [0.3, 0.4) is 0 Å². The fourth-order valence-corrected chi connectivity index (χ4v) is 1.59. The molecule has 0 spiro atoms. The summed E-state index contributed by atoms with van der Waals surface area (Å²) in [4.78, 5) is 0.186. The maximum atomic E-state index is 12.0. The maximum Gasteiger partial charge on any atom is 0.446 e. The summed E-state index contributed by atoms with van der Waals surface area (Å²) in [5.74, 6) is 0.388. The van der Waals surface area contributed by atoms with Gasteiger partial charge in [-0.3, -0.25) is 0 Å². The minimum absolute atomic E-state index is 0.117. The first-order chi connectivity index (χ1) is 7.01. The van der Waals surface area contributed by atoms with E-state index in [0.29, 0.717) is 5.88 Å². The molecule has 15 heavy (non-hydrogen) atoms. The van der Waals surface area contributed by atoms with E-state index in [9.17, 15) is 13.2 Å². The lowest BCUT2D eigenvalue weighted by Crippen LogP contribution is -1.98. The molecule has 1 aromatic rings. The van der Waals surface area contributed by atoms with Crippen LogP contribution in [0.15, 0.2) is 35.2 Å². The number of hydrogen-bond acceptors (Lipinski definition) is 1. The van der Waals surface area contributed by atoms with Crippen LogP contribution >= 0.6 is 23.4 Å². The van der Waals surface area contributed by atoms with Gasteiger partial charge in [-0.1, -0.05) is 24.3 Å². The van der Waals surface area contributed by atoms with Crippen LogP contribution < -0.4 is 0 Å². The third kappa shape index (κ3) is 5.14. The van der Waals surface area contributed by atoms with Gasteiger partial charge in [0.15, 0.2) is 0 Å². The average Bonchev–Trinajstić information content (AvgIpc) is 2.14. The third-order valence-electron chi connectivity index (χ3n) is 1.51. The van der Waals surface area contributed by atoms with Crippen molar-refractivity contribution >= 4 is 29.4 Å². The van der Waals surface area contributed by atoms with Crippen LogP contribution in [0.4, 0.5) is 13.2 Å². The van der Waals surface area contributed by atoms with Gasteiger partial charge in [0, 0.05) is 10.8 Å². The Morgan fingerprint density at radius 2 is 1.80 bits per heavy atom. The molecule has 0 aromatic heterocycles. The molecule has 0 fully saturated rings. The zero-order valence-electron chi connectivity index (χ0n) is 7.59. The molecule has 0 atom stereocenters. The van der Waals surface area contributed by atoms with Crippen LogP contribution in [-0.2, 0) is 0 Å². The van der Waals surface area contributed by atoms with E-state index in [-0.39, 0.29) is 16.7 Å². The second kappa shape index (κ2) is 5.47. The number of thioether (sulfide) groups is 1. The minimum atomic E-state index is -4.23. The van der Waals surface area contributed by atoms with Gasteiger partial charge >= 0.3 is 5.51 Å². The molecule has 0 radical (unpaired) electrons. The Morgan fingerprint density at radius 3 is 2.27 bits per heavy atom. The van der Waals surface area contributed by atoms with Crippen LogP contribution in [0, 0.1) is 0 Å². The molecule has 5 heteroatoms. The Balaban J connectivity index is 2.68. The molecule has 0 amide bonds. The molecular weight excluding hydrogens is 245 g/mol. The first kappa shape index (κ1) is 12.5. The van der Waals surface area contributed by atoms with Gasteiger partial charge in [0.05, 0.1) is 0 Å². The van der Waals surface area contributed by atoms with E-state index < -0.39 is 5.51 Å². The van der Waals surface area contributed by atoms with Crippen molar-refractivity contribution in [2.45, 2.75) is 10.4 Å². The summed E-state index contributed by atoms with van der Waals surface area (Å²) in [6.07, 6.45) is 3.49. The summed E-state index contributed by atoms with van der Waals surface area (Å²) in [6, 6.07) is 6.12. The second-order valence-corrected chi connectivity index (χ2v) is 4.12. The first-order valence-electron chi connectivity index (χ1n) is 4.09. The lowest BCUT2D eigenvalue weighted by Gasteiger charge is -2.05. The lowest BCUT2D eigenvalue weighted by molar-refractivity contribution is -0.0328. The fourth-order valence-electron chi connectivity index (χ4n) is 0.961. The molecule has 1 aromatic carbocycles. The maximum absolute atomic E-state index is 12.0. The molecule has 0 saturated heterocycles. The van der Waals surface area contributed by atoms with E-state index in [2.05, 4.69) is 0 Å². The van der Waals surface area contributed by atoms with E-state index in [0.717, 1.165) is 5.56 Å². The molecule has 1 rings (SSSR count). The quantitative estimate of drug-likeness (QED) is 0.562. The van der Waals surface area contributed by atoms with Gasteiger partial charge < -0.3 is 0 Å². The molecule has 82 valence electrons. The van der Waals surface area contributed by atoms with E-state index in [4.69, 9.17) is 11.6 Å². The normalized spacial score (nSPS) is 12.3. The second-order valence-electron chi connectivity index (χ2n) is 2.67.